The van der Waals surface area contributed by atoms with Crippen LogP contribution in [-0.4, -0.2) is 49.9 Å². The first-order valence-corrected chi connectivity index (χ1v) is 15.2. The van der Waals surface area contributed by atoms with Crippen molar-refractivity contribution in [2.45, 2.75) is 64.6 Å². The fourth-order valence-corrected chi connectivity index (χ4v) is 5.69. The molecule has 0 aromatic heterocycles. The molecule has 1 unspecified atom stereocenters. The predicted molar refractivity (Wildman–Crippen MR) is 163 cm³/mol. The van der Waals surface area contributed by atoms with Crippen molar-refractivity contribution >= 4 is 39.1 Å². The zero-order chi connectivity index (χ0) is 30.4. The van der Waals surface area contributed by atoms with Crippen molar-refractivity contribution in [2.75, 3.05) is 17.5 Å². The van der Waals surface area contributed by atoms with Gasteiger partial charge >= 0.3 is 0 Å². The molecule has 0 saturated carbocycles. The standard InChI is InChI=1S/C31H38ClN3O5S/c1-7-40-28-11-9-8-10-27(28)35(41(38,39)26-18-12-22(2)13-19-26)21-29(36)34(20-24-14-16-25(32)17-15-24)23(3)30(37)33-31(4,5)6/h8-19,23H,7,20-21H2,1-6H3,(H,33,37). The predicted octanol–water partition coefficient (Wildman–Crippen LogP) is 5.57. The van der Waals surface area contributed by atoms with Crippen LogP contribution < -0.4 is 14.4 Å². The van der Waals surface area contributed by atoms with Gasteiger partial charge in [0.15, 0.2) is 0 Å². The van der Waals surface area contributed by atoms with E-state index in [-0.39, 0.29) is 23.0 Å². The van der Waals surface area contributed by atoms with Gasteiger partial charge in [0.05, 0.1) is 17.2 Å². The molecule has 0 aliphatic heterocycles. The molecular formula is C31H38ClN3O5S. The van der Waals surface area contributed by atoms with Crippen LogP contribution in [0.3, 0.4) is 0 Å². The number of anilines is 1. The van der Waals surface area contributed by atoms with Crippen molar-refractivity contribution in [1.29, 1.82) is 0 Å². The van der Waals surface area contributed by atoms with Crippen molar-refractivity contribution in [3.8, 4) is 5.75 Å². The second-order valence-corrected chi connectivity index (χ2v) is 13.1. The molecule has 0 radical (unpaired) electrons. The number of benzene rings is 3. The minimum absolute atomic E-state index is 0.0324. The van der Waals surface area contributed by atoms with Crippen LogP contribution in [0.2, 0.25) is 5.02 Å². The van der Waals surface area contributed by atoms with E-state index in [1.54, 1.807) is 74.5 Å². The molecule has 2 amide bonds. The van der Waals surface area contributed by atoms with Crippen LogP contribution in [0.1, 0.15) is 45.7 Å². The summed E-state index contributed by atoms with van der Waals surface area (Å²) in [6, 6.07) is 19.1. The van der Waals surface area contributed by atoms with Crippen molar-refractivity contribution in [2.24, 2.45) is 0 Å². The smallest absolute Gasteiger partial charge is 0.264 e. The Morgan fingerprint density at radius 1 is 0.976 bits per heavy atom. The molecule has 220 valence electrons. The summed E-state index contributed by atoms with van der Waals surface area (Å²) in [7, 11) is -4.21. The zero-order valence-electron chi connectivity index (χ0n) is 24.3. The summed E-state index contributed by atoms with van der Waals surface area (Å²) in [6.07, 6.45) is 0. The van der Waals surface area contributed by atoms with E-state index in [1.165, 1.54) is 17.0 Å². The van der Waals surface area contributed by atoms with Gasteiger partial charge in [-0.3, -0.25) is 13.9 Å². The van der Waals surface area contributed by atoms with Crippen LogP contribution in [0.4, 0.5) is 5.69 Å². The maximum atomic E-state index is 14.1. The Morgan fingerprint density at radius 3 is 2.17 bits per heavy atom. The summed E-state index contributed by atoms with van der Waals surface area (Å²) in [6.45, 7) is 10.7. The number of nitrogens with one attached hydrogen (secondary N) is 1. The van der Waals surface area contributed by atoms with E-state index in [9.17, 15) is 18.0 Å². The number of carbonyl (C=O) groups excluding carboxylic acids is 2. The van der Waals surface area contributed by atoms with E-state index in [4.69, 9.17) is 16.3 Å². The van der Waals surface area contributed by atoms with Gasteiger partial charge in [-0.05, 0) is 83.5 Å². The molecule has 3 rings (SSSR count). The number of hydrogen-bond acceptors (Lipinski definition) is 5. The first-order chi connectivity index (χ1) is 19.2. The fraction of sp³-hybridized carbons (Fsp3) is 0.355. The van der Waals surface area contributed by atoms with Gasteiger partial charge in [0.2, 0.25) is 11.8 Å². The van der Waals surface area contributed by atoms with Gasteiger partial charge in [-0.1, -0.05) is 53.6 Å². The lowest BCUT2D eigenvalue weighted by atomic mass is 10.1. The van der Waals surface area contributed by atoms with Crippen LogP contribution in [-0.2, 0) is 26.2 Å². The molecule has 10 heteroatoms. The summed E-state index contributed by atoms with van der Waals surface area (Å²) >= 11 is 6.06. The highest BCUT2D eigenvalue weighted by Crippen LogP contribution is 2.33. The van der Waals surface area contributed by atoms with Gasteiger partial charge in [-0.2, -0.15) is 0 Å². The van der Waals surface area contributed by atoms with Crippen molar-refractivity contribution in [1.82, 2.24) is 10.2 Å². The number of para-hydroxylation sites is 2. The van der Waals surface area contributed by atoms with E-state index in [0.29, 0.717) is 17.4 Å². The Bertz CT molecular complexity index is 1450. The minimum Gasteiger partial charge on any atom is -0.492 e. The van der Waals surface area contributed by atoms with Crippen LogP contribution in [0.5, 0.6) is 5.75 Å². The topological polar surface area (TPSA) is 96.0 Å². The summed E-state index contributed by atoms with van der Waals surface area (Å²) in [5.41, 5.74) is 1.33. The normalized spacial score (nSPS) is 12.4. The Kier molecular flexibility index (Phi) is 10.4. The maximum Gasteiger partial charge on any atom is 0.264 e. The van der Waals surface area contributed by atoms with E-state index < -0.39 is 34.1 Å². The SMILES string of the molecule is CCOc1ccccc1N(CC(=O)N(Cc1ccc(Cl)cc1)C(C)C(=O)NC(C)(C)C)S(=O)(=O)c1ccc(C)cc1. The van der Waals surface area contributed by atoms with Gasteiger partial charge in [-0.15, -0.1) is 0 Å². The van der Waals surface area contributed by atoms with Gasteiger partial charge in [-0.25, -0.2) is 8.42 Å². The fourth-order valence-electron chi connectivity index (χ4n) is 4.13. The zero-order valence-corrected chi connectivity index (χ0v) is 25.9. The first-order valence-electron chi connectivity index (χ1n) is 13.4. The molecule has 0 fully saturated rings. The number of nitrogens with zero attached hydrogens (tertiary/aromatic N) is 2. The number of rotatable bonds is 11. The molecule has 0 spiro atoms. The van der Waals surface area contributed by atoms with Crippen molar-refractivity contribution in [3.63, 3.8) is 0 Å². The largest absolute Gasteiger partial charge is 0.492 e. The average molecular weight is 600 g/mol. The van der Waals surface area contributed by atoms with Gasteiger partial charge < -0.3 is 15.0 Å². The molecule has 3 aromatic carbocycles. The quantitative estimate of drug-likeness (QED) is 0.311. The Balaban J connectivity index is 2.08. The van der Waals surface area contributed by atoms with Gasteiger partial charge in [0, 0.05) is 17.1 Å². The van der Waals surface area contributed by atoms with Crippen LogP contribution >= 0.6 is 11.6 Å². The number of halogens is 1. The molecule has 0 aliphatic carbocycles. The van der Waals surface area contributed by atoms with E-state index in [0.717, 1.165) is 15.4 Å². The van der Waals surface area contributed by atoms with Crippen molar-refractivity contribution < 1.29 is 22.7 Å². The molecule has 1 atom stereocenters. The number of hydrogen-bond donors (Lipinski definition) is 1. The monoisotopic (exact) mass is 599 g/mol. The Hall–Kier alpha value is -3.56. The Labute approximate surface area is 248 Å². The molecule has 0 heterocycles. The molecule has 0 aliphatic rings. The van der Waals surface area contributed by atoms with E-state index >= 15 is 0 Å². The molecule has 1 N–H and O–H groups in total. The van der Waals surface area contributed by atoms with Crippen molar-refractivity contribution in [3.05, 3.63) is 88.9 Å². The van der Waals surface area contributed by atoms with Crippen LogP contribution in [0.15, 0.2) is 77.7 Å². The van der Waals surface area contributed by atoms with E-state index in [2.05, 4.69) is 5.32 Å². The molecule has 0 bridgehead atoms. The lowest BCUT2D eigenvalue weighted by Gasteiger charge is -2.33. The minimum atomic E-state index is -4.21. The molecule has 0 saturated heterocycles. The van der Waals surface area contributed by atoms with Crippen LogP contribution in [0.25, 0.3) is 0 Å². The molecular weight excluding hydrogens is 562 g/mol. The molecule has 3 aromatic rings. The Morgan fingerprint density at radius 2 is 1.59 bits per heavy atom. The summed E-state index contributed by atoms with van der Waals surface area (Å²) in [5.74, 6) is -0.595. The number of carbonyl (C=O) groups is 2. The molecule has 8 nitrogen and oxygen atoms in total. The van der Waals surface area contributed by atoms with Gasteiger partial charge in [0.1, 0.15) is 18.3 Å². The third-order valence-electron chi connectivity index (χ3n) is 6.25. The second kappa shape index (κ2) is 13.4. The number of sulfonamides is 1. The first kappa shape index (κ1) is 32.0. The second-order valence-electron chi connectivity index (χ2n) is 10.8. The maximum absolute atomic E-state index is 14.1. The summed E-state index contributed by atoms with van der Waals surface area (Å²) in [4.78, 5) is 28.7. The highest BCUT2D eigenvalue weighted by atomic mass is 35.5. The highest BCUT2D eigenvalue weighted by Gasteiger charge is 2.34. The lowest BCUT2D eigenvalue weighted by molar-refractivity contribution is -0.140. The van der Waals surface area contributed by atoms with E-state index in [1.807, 2.05) is 27.7 Å². The third kappa shape index (κ3) is 8.47. The summed E-state index contributed by atoms with van der Waals surface area (Å²) < 4.78 is 34.9. The van der Waals surface area contributed by atoms with Gasteiger partial charge in [0.25, 0.3) is 10.0 Å². The lowest BCUT2D eigenvalue weighted by Crippen LogP contribution is -2.54. The number of aryl methyl sites for hydroxylation is 1. The van der Waals surface area contributed by atoms with Crippen LogP contribution in [0, 0.1) is 6.92 Å². The highest BCUT2D eigenvalue weighted by molar-refractivity contribution is 7.92. The number of amides is 2. The summed E-state index contributed by atoms with van der Waals surface area (Å²) in [5, 5.41) is 3.45. The molecule has 41 heavy (non-hydrogen) atoms. The number of ether oxygens (including phenoxy) is 1. The third-order valence-corrected chi connectivity index (χ3v) is 8.28. The average Bonchev–Trinajstić information content (AvgIpc) is 2.91.